The van der Waals surface area contributed by atoms with Crippen molar-refractivity contribution in [3.05, 3.63) is 71.8 Å². The highest BCUT2D eigenvalue weighted by atomic mass is 16.7. The van der Waals surface area contributed by atoms with Crippen molar-refractivity contribution < 1.29 is 14.3 Å². The van der Waals surface area contributed by atoms with Gasteiger partial charge >= 0.3 is 0 Å². The van der Waals surface area contributed by atoms with Gasteiger partial charge in [0.05, 0.1) is 19.1 Å². The van der Waals surface area contributed by atoms with Crippen LogP contribution in [0, 0.1) is 0 Å². The maximum absolute atomic E-state index is 12.8. The fourth-order valence-corrected chi connectivity index (χ4v) is 2.83. The molecule has 2 aromatic carbocycles. The van der Waals surface area contributed by atoms with Crippen molar-refractivity contribution in [3.8, 4) is 0 Å². The van der Waals surface area contributed by atoms with Crippen molar-refractivity contribution in [3.63, 3.8) is 0 Å². The molecule has 0 aromatic heterocycles. The molecule has 0 aliphatic carbocycles. The highest BCUT2D eigenvalue weighted by Crippen LogP contribution is 2.16. The number of amides is 1. The Kier molecular flexibility index (Phi) is 5.99. The fraction of sp³-hybridized carbons (Fsp3) is 0.350. The Morgan fingerprint density at radius 3 is 2.04 bits per heavy atom. The standard InChI is InChI=1S/C20H23NO3/c22-20(13-19-11-12-23-16-24-19)21(14-17-7-3-1-4-8-17)15-18-9-5-2-6-10-18/h1-10,19H,11-16H2. The maximum atomic E-state index is 12.8. The van der Waals surface area contributed by atoms with Crippen LogP contribution in [0.2, 0.25) is 0 Å². The molecule has 2 aromatic rings. The van der Waals surface area contributed by atoms with E-state index >= 15 is 0 Å². The summed E-state index contributed by atoms with van der Waals surface area (Å²) in [6.45, 7) is 2.17. The average molecular weight is 325 g/mol. The Bertz CT molecular complexity index is 582. The second kappa shape index (κ2) is 8.62. The van der Waals surface area contributed by atoms with Crippen molar-refractivity contribution in [1.29, 1.82) is 0 Å². The van der Waals surface area contributed by atoms with Crippen LogP contribution >= 0.6 is 0 Å². The number of hydrogen-bond acceptors (Lipinski definition) is 3. The van der Waals surface area contributed by atoms with Gasteiger partial charge in [0, 0.05) is 13.1 Å². The van der Waals surface area contributed by atoms with E-state index in [-0.39, 0.29) is 18.8 Å². The van der Waals surface area contributed by atoms with E-state index in [9.17, 15) is 4.79 Å². The molecule has 0 saturated carbocycles. The van der Waals surface area contributed by atoms with Gasteiger partial charge in [-0.1, -0.05) is 60.7 Å². The van der Waals surface area contributed by atoms with Gasteiger partial charge in [0.1, 0.15) is 6.79 Å². The van der Waals surface area contributed by atoms with Gasteiger partial charge in [0.2, 0.25) is 5.91 Å². The predicted molar refractivity (Wildman–Crippen MR) is 92.1 cm³/mol. The molecule has 0 N–H and O–H groups in total. The van der Waals surface area contributed by atoms with Crippen molar-refractivity contribution in [1.82, 2.24) is 4.90 Å². The minimum atomic E-state index is -0.0414. The summed E-state index contributed by atoms with van der Waals surface area (Å²) in [4.78, 5) is 14.7. The minimum Gasteiger partial charge on any atom is -0.355 e. The van der Waals surface area contributed by atoms with Crippen molar-refractivity contribution in [2.45, 2.75) is 32.0 Å². The first kappa shape index (κ1) is 16.7. The minimum absolute atomic E-state index is 0.0414. The lowest BCUT2D eigenvalue weighted by Crippen LogP contribution is -2.35. The Morgan fingerprint density at radius 2 is 1.54 bits per heavy atom. The first-order chi connectivity index (χ1) is 11.8. The fourth-order valence-electron chi connectivity index (χ4n) is 2.83. The number of nitrogens with zero attached hydrogens (tertiary/aromatic N) is 1. The SMILES string of the molecule is O=C(CC1CCOCO1)N(Cc1ccccc1)Cc1ccccc1. The maximum Gasteiger partial charge on any atom is 0.225 e. The summed E-state index contributed by atoms with van der Waals surface area (Å²) in [5.74, 6) is 0.120. The van der Waals surface area contributed by atoms with Crippen LogP contribution in [-0.4, -0.2) is 30.3 Å². The van der Waals surface area contributed by atoms with Gasteiger partial charge in [-0.25, -0.2) is 0 Å². The number of hydrogen-bond donors (Lipinski definition) is 0. The van der Waals surface area contributed by atoms with E-state index < -0.39 is 0 Å². The van der Waals surface area contributed by atoms with Gasteiger partial charge in [-0.15, -0.1) is 0 Å². The van der Waals surface area contributed by atoms with E-state index in [2.05, 4.69) is 24.3 Å². The summed E-state index contributed by atoms with van der Waals surface area (Å²) in [5, 5.41) is 0. The molecular formula is C20H23NO3. The summed E-state index contributed by atoms with van der Waals surface area (Å²) in [7, 11) is 0. The third kappa shape index (κ3) is 4.91. The number of carbonyl (C=O) groups is 1. The van der Waals surface area contributed by atoms with Gasteiger partial charge in [-0.3, -0.25) is 4.79 Å². The van der Waals surface area contributed by atoms with E-state index in [0.29, 0.717) is 26.1 Å². The molecule has 0 spiro atoms. The van der Waals surface area contributed by atoms with E-state index in [4.69, 9.17) is 9.47 Å². The second-order valence-electron chi connectivity index (χ2n) is 6.03. The third-order valence-electron chi connectivity index (χ3n) is 4.16. The first-order valence-corrected chi connectivity index (χ1v) is 8.36. The molecule has 24 heavy (non-hydrogen) atoms. The molecule has 1 amide bonds. The zero-order chi connectivity index (χ0) is 16.6. The summed E-state index contributed by atoms with van der Waals surface area (Å²) in [6, 6.07) is 20.2. The average Bonchev–Trinajstić information content (AvgIpc) is 2.64. The molecule has 1 fully saturated rings. The van der Waals surface area contributed by atoms with Crippen molar-refractivity contribution in [2.24, 2.45) is 0 Å². The lowest BCUT2D eigenvalue weighted by Gasteiger charge is -2.27. The molecule has 0 radical (unpaired) electrons. The van der Waals surface area contributed by atoms with Gasteiger partial charge < -0.3 is 14.4 Å². The summed E-state index contributed by atoms with van der Waals surface area (Å²) in [5.41, 5.74) is 2.27. The molecule has 1 aliphatic heterocycles. The van der Waals surface area contributed by atoms with Crippen LogP contribution in [0.15, 0.2) is 60.7 Å². The first-order valence-electron chi connectivity index (χ1n) is 8.36. The lowest BCUT2D eigenvalue weighted by molar-refractivity contribution is -0.155. The van der Waals surface area contributed by atoms with Gasteiger partial charge in [0.15, 0.2) is 0 Å². The highest BCUT2D eigenvalue weighted by Gasteiger charge is 2.22. The normalized spacial score (nSPS) is 17.4. The molecule has 4 heteroatoms. The molecule has 1 unspecified atom stereocenters. The monoisotopic (exact) mass is 325 g/mol. The molecule has 126 valence electrons. The Labute approximate surface area is 143 Å². The lowest BCUT2D eigenvalue weighted by atomic mass is 10.1. The molecule has 1 heterocycles. The molecule has 4 nitrogen and oxygen atoms in total. The van der Waals surface area contributed by atoms with E-state index in [1.807, 2.05) is 41.3 Å². The molecule has 1 saturated heterocycles. The quantitative estimate of drug-likeness (QED) is 0.817. The smallest absolute Gasteiger partial charge is 0.225 e. The number of carbonyl (C=O) groups excluding carboxylic acids is 1. The molecule has 1 aliphatic rings. The number of rotatable bonds is 6. The molecule has 0 bridgehead atoms. The highest BCUT2D eigenvalue weighted by molar-refractivity contribution is 5.76. The molecule has 1 atom stereocenters. The van der Waals surface area contributed by atoms with Gasteiger partial charge in [-0.2, -0.15) is 0 Å². The van der Waals surface area contributed by atoms with Crippen molar-refractivity contribution >= 4 is 5.91 Å². The van der Waals surface area contributed by atoms with Crippen LogP contribution in [0.5, 0.6) is 0 Å². The molecule has 3 rings (SSSR count). The third-order valence-corrected chi connectivity index (χ3v) is 4.16. The van der Waals surface area contributed by atoms with Gasteiger partial charge in [-0.05, 0) is 17.5 Å². The molecular weight excluding hydrogens is 302 g/mol. The van der Waals surface area contributed by atoms with E-state index in [1.54, 1.807) is 0 Å². The van der Waals surface area contributed by atoms with Crippen LogP contribution in [0.1, 0.15) is 24.0 Å². The second-order valence-corrected chi connectivity index (χ2v) is 6.03. The number of ether oxygens (including phenoxy) is 2. The van der Waals surface area contributed by atoms with Crippen LogP contribution in [0.25, 0.3) is 0 Å². The van der Waals surface area contributed by atoms with E-state index in [0.717, 1.165) is 17.5 Å². The Hall–Kier alpha value is -2.17. The Morgan fingerprint density at radius 1 is 0.958 bits per heavy atom. The summed E-state index contributed by atoms with van der Waals surface area (Å²) in [6.07, 6.45) is 1.14. The van der Waals surface area contributed by atoms with Crippen LogP contribution < -0.4 is 0 Å². The van der Waals surface area contributed by atoms with Crippen LogP contribution in [0.3, 0.4) is 0 Å². The number of benzene rings is 2. The summed E-state index contributed by atoms with van der Waals surface area (Å²) >= 11 is 0. The van der Waals surface area contributed by atoms with E-state index in [1.165, 1.54) is 0 Å². The predicted octanol–water partition coefficient (Wildman–Crippen LogP) is 3.37. The topological polar surface area (TPSA) is 38.8 Å². The Balaban J connectivity index is 1.69. The summed E-state index contributed by atoms with van der Waals surface area (Å²) < 4.78 is 10.7. The van der Waals surface area contributed by atoms with Gasteiger partial charge in [0.25, 0.3) is 0 Å². The van der Waals surface area contributed by atoms with Crippen LogP contribution in [0.4, 0.5) is 0 Å². The van der Waals surface area contributed by atoms with Crippen LogP contribution in [-0.2, 0) is 27.4 Å². The largest absolute Gasteiger partial charge is 0.355 e. The zero-order valence-electron chi connectivity index (χ0n) is 13.8. The van der Waals surface area contributed by atoms with Crippen molar-refractivity contribution in [2.75, 3.05) is 13.4 Å². The zero-order valence-corrected chi connectivity index (χ0v) is 13.8.